The number of alkyl halides is 12. The number of esters is 2. The van der Waals surface area contributed by atoms with Crippen molar-refractivity contribution in [3.8, 4) is 0 Å². The van der Waals surface area contributed by atoms with Crippen LogP contribution in [0.25, 0.3) is 0 Å². The van der Waals surface area contributed by atoms with E-state index in [9.17, 15) is 67.4 Å². The molecule has 0 saturated carbocycles. The molecule has 0 aromatic carbocycles. The lowest BCUT2D eigenvalue weighted by Crippen LogP contribution is -2.59. The van der Waals surface area contributed by atoms with Gasteiger partial charge in [0.15, 0.2) is 0 Å². The summed E-state index contributed by atoms with van der Waals surface area (Å²) in [6.45, 7) is 18.4. The smallest absolute Gasteiger partial charge is 0.434 e. The van der Waals surface area contributed by atoms with Crippen LogP contribution in [0, 0.1) is 32.5 Å². The second-order valence-electron chi connectivity index (χ2n) is 16.5. The fourth-order valence-corrected chi connectivity index (χ4v) is 6.61. The Morgan fingerprint density at radius 3 is 1.27 bits per heavy atom. The molecule has 0 spiro atoms. The Kier molecular flexibility index (Phi) is 13.3. The molecular weight excluding hydrogens is 692 g/mol. The Hall–Kier alpha value is -1.94. The van der Waals surface area contributed by atoms with Crippen LogP contribution in [-0.2, 0) is 19.1 Å². The molecule has 0 radical (unpaired) electrons. The van der Waals surface area contributed by atoms with Gasteiger partial charge in [-0.15, -0.1) is 0 Å². The molecule has 0 fully saturated rings. The molecule has 17 heteroatoms. The van der Waals surface area contributed by atoms with E-state index in [0.717, 1.165) is 13.8 Å². The Labute approximate surface area is 279 Å². The van der Waals surface area contributed by atoms with E-state index in [0.29, 0.717) is 0 Å². The van der Waals surface area contributed by atoms with Crippen molar-refractivity contribution in [2.45, 2.75) is 158 Å². The lowest BCUT2D eigenvalue weighted by Gasteiger charge is -2.58. The first-order valence-corrected chi connectivity index (χ1v) is 15.4. The standard InChI is InChI=1S/C32H50F12O5/c1-14-27(13,24(9,10)17-25(11,23(6,7)8)20(45)49-19(29(33,34)35)30(36,37)38)26(12,16-22(3,4)5)21(46)48-18(2)15-28(47,31(39,40)41)32(42,43)44/h18-19,47H,14-17H2,1-13H3. The summed E-state index contributed by atoms with van der Waals surface area (Å²) in [5.41, 5.74) is -14.2. The average molecular weight is 743 g/mol. The van der Waals surface area contributed by atoms with Crippen molar-refractivity contribution >= 4 is 11.9 Å². The Morgan fingerprint density at radius 1 is 0.612 bits per heavy atom. The molecule has 0 saturated heterocycles. The third kappa shape index (κ3) is 9.90. The molecular formula is C32H50F12O5. The molecule has 0 aliphatic rings. The molecule has 0 aromatic heterocycles. The van der Waals surface area contributed by atoms with Crippen molar-refractivity contribution in [1.82, 2.24) is 0 Å². The topological polar surface area (TPSA) is 72.8 Å². The van der Waals surface area contributed by atoms with E-state index in [2.05, 4.69) is 4.74 Å². The van der Waals surface area contributed by atoms with E-state index in [-0.39, 0.29) is 12.8 Å². The predicted octanol–water partition coefficient (Wildman–Crippen LogP) is 10.5. The highest BCUT2D eigenvalue weighted by atomic mass is 19.4. The second-order valence-corrected chi connectivity index (χ2v) is 16.5. The summed E-state index contributed by atoms with van der Waals surface area (Å²) >= 11 is 0. The van der Waals surface area contributed by atoms with Gasteiger partial charge < -0.3 is 14.6 Å². The number of carbonyl (C=O) groups excluding carboxylic acids is 2. The third-order valence-electron chi connectivity index (χ3n) is 10.3. The molecule has 0 heterocycles. The van der Waals surface area contributed by atoms with Gasteiger partial charge in [-0.05, 0) is 61.7 Å². The van der Waals surface area contributed by atoms with E-state index in [1.807, 2.05) is 0 Å². The summed E-state index contributed by atoms with van der Waals surface area (Å²) in [5, 5.41) is 9.69. The van der Waals surface area contributed by atoms with Crippen LogP contribution in [0.4, 0.5) is 52.7 Å². The maximum absolute atomic E-state index is 14.0. The summed E-state index contributed by atoms with van der Waals surface area (Å²) < 4.78 is 170. The summed E-state index contributed by atoms with van der Waals surface area (Å²) in [6.07, 6.45) is -33.7. The molecule has 292 valence electrons. The summed E-state index contributed by atoms with van der Waals surface area (Å²) in [5.74, 6) is -3.10. The number of carbonyl (C=O) groups is 2. The van der Waals surface area contributed by atoms with Crippen molar-refractivity contribution in [2.75, 3.05) is 0 Å². The molecule has 4 unspecified atom stereocenters. The fraction of sp³-hybridized carbons (Fsp3) is 0.938. The van der Waals surface area contributed by atoms with Gasteiger partial charge in [0.25, 0.3) is 11.7 Å². The summed E-state index contributed by atoms with van der Waals surface area (Å²) in [4.78, 5) is 27.5. The zero-order valence-corrected chi connectivity index (χ0v) is 30.1. The highest BCUT2D eigenvalue weighted by Gasteiger charge is 2.71. The van der Waals surface area contributed by atoms with Crippen molar-refractivity contribution in [2.24, 2.45) is 32.5 Å². The largest absolute Gasteiger partial charge is 0.462 e. The molecule has 0 amide bonds. The average Bonchev–Trinajstić information content (AvgIpc) is 2.81. The molecule has 0 bridgehead atoms. The van der Waals surface area contributed by atoms with Crippen LogP contribution in [0.5, 0.6) is 0 Å². The van der Waals surface area contributed by atoms with E-state index >= 15 is 0 Å². The molecule has 0 rings (SSSR count). The van der Waals surface area contributed by atoms with Crippen LogP contribution in [0.3, 0.4) is 0 Å². The van der Waals surface area contributed by atoms with Gasteiger partial charge in [-0.2, -0.15) is 52.7 Å². The van der Waals surface area contributed by atoms with Crippen molar-refractivity contribution < 1.29 is 76.9 Å². The van der Waals surface area contributed by atoms with Crippen LogP contribution in [0.1, 0.15) is 116 Å². The van der Waals surface area contributed by atoms with E-state index in [1.54, 1.807) is 27.7 Å². The number of hydrogen-bond donors (Lipinski definition) is 1. The van der Waals surface area contributed by atoms with Crippen LogP contribution < -0.4 is 0 Å². The maximum Gasteiger partial charge on any atom is 0.434 e. The summed E-state index contributed by atoms with van der Waals surface area (Å²) in [6, 6.07) is 0. The first kappa shape index (κ1) is 47.1. The number of aliphatic hydroxyl groups is 1. The van der Waals surface area contributed by atoms with Crippen molar-refractivity contribution in [3.05, 3.63) is 0 Å². The molecule has 4 atom stereocenters. The SMILES string of the molecule is CCC(C)(C(C)(C)CC(C)(C(=O)OC(C(F)(F)F)C(F)(F)F)C(C)(C)C)C(C)(CC(C)(C)C)C(=O)OC(C)CC(O)(C(F)(F)F)C(F)(F)F. The lowest BCUT2D eigenvalue weighted by atomic mass is 9.45. The first-order valence-electron chi connectivity index (χ1n) is 15.4. The molecule has 1 N–H and O–H groups in total. The minimum absolute atomic E-state index is 0.00585. The Bertz CT molecular complexity index is 1130. The van der Waals surface area contributed by atoms with Gasteiger partial charge in [-0.25, -0.2) is 0 Å². The second kappa shape index (κ2) is 13.9. The summed E-state index contributed by atoms with van der Waals surface area (Å²) in [7, 11) is 0. The minimum Gasteiger partial charge on any atom is -0.462 e. The number of hydrogen-bond acceptors (Lipinski definition) is 5. The van der Waals surface area contributed by atoms with Gasteiger partial charge in [0, 0.05) is 6.42 Å². The first-order chi connectivity index (χ1) is 21.0. The molecule has 0 aliphatic carbocycles. The van der Waals surface area contributed by atoms with E-state index in [4.69, 9.17) is 4.74 Å². The molecule has 0 aromatic rings. The van der Waals surface area contributed by atoms with E-state index < -0.39 is 99.8 Å². The molecule has 5 nitrogen and oxygen atoms in total. The zero-order valence-electron chi connectivity index (χ0n) is 30.1. The van der Waals surface area contributed by atoms with Gasteiger partial charge >= 0.3 is 36.6 Å². The van der Waals surface area contributed by atoms with Gasteiger partial charge in [0.1, 0.15) is 6.10 Å². The fourth-order valence-electron chi connectivity index (χ4n) is 6.61. The quantitative estimate of drug-likeness (QED) is 0.159. The van der Waals surface area contributed by atoms with Gasteiger partial charge in [-0.1, -0.05) is 69.2 Å². The monoisotopic (exact) mass is 742 g/mol. The van der Waals surface area contributed by atoms with E-state index in [1.165, 1.54) is 48.5 Å². The van der Waals surface area contributed by atoms with Gasteiger partial charge in [-0.3, -0.25) is 9.59 Å². The third-order valence-corrected chi connectivity index (χ3v) is 10.3. The Morgan fingerprint density at radius 2 is 0.980 bits per heavy atom. The minimum atomic E-state index is -6.19. The molecule has 0 aliphatic heterocycles. The van der Waals surface area contributed by atoms with Crippen LogP contribution in [0.2, 0.25) is 0 Å². The number of rotatable bonds is 12. The number of halogens is 12. The van der Waals surface area contributed by atoms with Crippen LogP contribution >= 0.6 is 0 Å². The Balaban J connectivity index is 7.25. The van der Waals surface area contributed by atoms with Crippen LogP contribution in [-0.4, -0.2) is 59.6 Å². The molecule has 49 heavy (non-hydrogen) atoms. The highest BCUT2D eigenvalue weighted by molar-refractivity contribution is 5.79. The normalized spacial score (nSPS) is 19.1. The van der Waals surface area contributed by atoms with Crippen molar-refractivity contribution in [1.29, 1.82) is 0 Å². The zero-order chi connectivity index (χ0) is 40.1. The van der Waals surface area contributed by atoms with Gasteiger partial charge in [0.05, 0.1) is 10.8 Å². The highest BCUT2D eigenvalue weighted by Crippen LogP contribution is 2.63. The van der Waals surface area contributed by atoms with Crippen LogP contribution in [0.15, 0.2) is 0 Å². The number of ether oxygens (including phenoxy) is 2. The van der Waals surface area contributed by atoms with Crippen molar-refractivity contribution in [3.63, 3.8) is 0 Å². The predicted molar refractivity (Wildman–Crippen MR) is 156 cm³/mol. The lowest BCUT2D eigenvalue weighted by molar-refractivity contribution is -0.373. The maximum atomic E-state index is 14.0. The van der Waals surface area contributed by atoms with Gasteiger partial charge in [0.2, 0.25) is 0 Å².